The lowest BCUT2D eigenvalue weighted by Gasteiger charge is -2.06. The van der Waals surface area contributed by atoms with Crippen LogP contribution >= 0.6 is 0 Å². The third kappa shape index (κ3) is 3.40. The number of carbonyl (C=O) groups is 2. The van der Waals surface area contributed by atoms with Crippen LogP contribution in [0.2, 0.25) is 0 Å². The number of imidazole rings is 1. The highest BCUT2D eigenvalue weighted by Gasteiger charge is 2.33. The molecular formula is C28H22N4O2. The second-order valence-corrected chi connectivity index (χ2v) is 8.50. The molecule has 0 atom stereocenters. The molecule has 2 amide bonds. The van der Waals surface area contributed by atoms with E-state index in [1.54, 1.807) is 6.20 Å². The first-order chi connectivity index (χ1) is 16.7. The Balaban J connectivity index is 1.46. The number of aromatic nitrogens is 3. The third-order valence-corrected chi connectivity index (χ3v) is 6.40. The number of carbonyl (C=O) groups excluding carboxylic acids is 2. The molecule has 5 aromatic rings. The Kier molecular flexibility index (Phi) is 4.84. The summed E-state index contributed by atoms with van der Waals surface area (Å²) >= 11 is 0. The molecule has 1 aliphatic heterocycles. The van der Waals surface area contributed by atoms with E-state index >= 15 is 0 Å². The number of nitrogens with one attached hydrogen (secondary N) is 1. The van der Waals surface area contributed by atoms with E-state index in [1.165, 1.54) is 0 Å². The average Bonchev–Trinajstić information content (AvgIpc) is 3.57. The van der Waals surface area contributed by atoms with Crippen molar-refractivity contribution in [3.05, 3.63) is 103 Å². The number of para-hydroxylation sites is 1. The van der Waals surface area contributed by atoms with E-state index in [0.29, 0.717) is 11.1 Å². The van der Waals surface area contributed by atoms with Crippen molar-refractivity contribution in [2.24, 2.45) is 0 Å². The molecule has 0 spiro atoms. The van der Waals surface area contributed by atoms with Gasteiger partial charge in [-0.2, -0.15) is 0 Å². The number of imide groups is 1. The number of hydrogen-bond acceptors (Lipinski definition) is 3. The van der Waals surface area contributed by atoms with E-state index in [1.807, 2.05) is 79.4 Å². The summed E-state index contributed by atoms with van der Waals surface area (Å²) in [4.78, 5) is 30.1. The Morgan fingerprint density at radius 2 is 1.62 bits per heavy atom. The lowest BCUT2D eigenvalue weighted by molar-refractivity contribution is -0.122. The van der Waals surface area contributed by atoms with Crippen LogP contribution in [0.15, 0.2) is 91.6 Å². The minimum Gasteiger partial charge on any atom is -0.347 e. The minimum absolute atomic E-state index is 0.352. The number of hydrogen-bond donors (Lipinski definition) is 1. The lowest BCUT2D eigenvalue weighted by atomic mass is 9.94. The van der Waals surface area contributed by atoms with Crippen LogP contribution in [0.5, 0.6) is 0 Å². The summed E-state index contributed by atoms with van der Waals surface area (Å²) in [6, 6.07) is 21.9. The largest absolute Gasteiger partial charge is 0.347 e. The molecular weight excluding hydrogens is 424 g/mol. The van der Waals surface area contributed by atoms with Crippen molar-refractivity contribution in [1.29, 1.82) is 0 Å². The Hall–Kier alpha value is -4.45. The normalized spacial score (nSPS) is 13.9. The van der Waals surface area contributed by atoms with Crippen LogP contribution in [0.4, 0.5) is 0 Å². The molecule has 0 saturated carbocycles. The summed E-state index contributed by atoms with van der Waals surface area (Å²) in [5, 5.41) is 5.61. The molecule has 1 aliphatic rings. The van der Waals surface area contributed by atoms with Gasteiger partial charge < -0.3 is 9.13 Å². The molecule has 6 rings (SSSR count). The monoisotopic (exact) mass is 446 g/mol. The van der Waals surface area contributed by atoms with Crippen molar-refractivity contribution in [2.75, 3.05) is 0 Å². The molecule has 34 heavy (non-hydrogen) atoms. The highest BCUT2D eigenvalue weighted by Crippen LogP contribution is 2.36. The van der Waals surface area contributed by atoms with Gasteiger partial charge in [-0.05, 0) is 34.9 Å². The van der Waals surface area contributed by atoms with Crippen LogP contribution in [0.1, 0.15) is 17.5 Å². The predicted molar refractivity (Wildman–Crippen MR) is 133 cm³/mol. The van der Waals surface area contributed by atoms with Crippen LogP contribution in [0.3, 0.4) is 0 Å². The first-order valence-electron chi connectivity index (χ1n) is 11.3. The molecule has 2 aromatic heterocycles. The van der Waals surface area contributed by atoms with Gasteiger partial charge in [0.15, 0.2) is 0 Å². The van der Waals surface area contributed by atoms with E-state index in [-0.39, 0.29) is 11.8 Å². The van der Waals surface area contributed by atoms with Crippen LogP contribution < -0.4 is 5.32 Å². The molecule has 0 aliphatic carbocycles. The molecule has 0 radical (unpaired) electrons. The maximum absolute atomic E-state index is 13.0. The number of aryl methyl sites for hydroxylation is 2. The number of fused-ring (bicyclic) bond motifs is 2. The Morgan fingerprint density at radius 1 is 0.824 bits per heavy atom. The van der Waals surface area contributed by atoms with Crippen molar-refractivity contribution < 1.29 is 9.59 Å². The van der Waals surface area contributed by atoms with Crippen molar-refractivity contribution in [1.82, 2.24) is 19.4 Å². The van der Waals surface area contributed by atoms with Crippen molar-refractivity contribution >= 4 is 44.6 Å². The van der Waals surface area contributed by atoms with E-state index in [4.69, 9.17) is 0 Å². The average molecular weight is 447 g/mol. The Morgan fingerprint density at radius 3 is 2.47 bits per heavy atom. The van der Waals surface area contributed by atoms with Crippen LogP contribution in [0, 0.1) is 0 Å². The highest BCUT2D eigenvalue weighted by atomic mass is 16.2. The van der Waals surface area contributed by atoms with E-state index in [9.17, 15) is 9.59 Å². The smallest absolute Gasteiger partial charge is 0.259 e. The van der Waals surface area contributed by atoms with Gasteiger partial charge in [-0.1, -0.05) is 54.6 Å². The number of benzene rings is 3. The van der Waals surface area contributed by atoms with Gasteiger partial charge in [0, 0.05) is 48.1 Å². The third-order valence-electron chi connectivity index (χ3n) is 6.40. The summed E-state index contributed by atoms with van der Waals surface area (Å²) in [7, 11) is 0. The summed E-state index contributed by atoms with van der Waals surface area (Å²) in [5.74, 6) is -0.707. The molecule has 0 saturated heterocycles. The fourth-order valence-corrected chi connectivity index (χ4v) is 4.81. The molecule has 0 unspecified atom stereocenters. The van der Waals surface area contributed by atoms with Crippen LogP contribution in [-0.4, -0.2) is 25.9 Å². The van der Waals surface area contributed by atoms with Gasteiger partial charge in [0.05, 0.1) is 17.5 Å². The first-order valence-corrected chi connectivity index (χ1v) is 11.3. The molecule has 166 valence electrons. The van der Waals surface area contributed by atoms with Gasteiger partial charge in [-0.15, -0.1) is 0 Å². The molecule has 0 fully saturated rings. The quantitative estimate of drug-likeness (QED) is 0.386. The van der Waals surface area contributed by atoms with E-state index < -0.39 is 0 Å². The SMILES string of the molecule is O=C1NC(=O)C(c2cn(CCCn3ccnc3)c3ccccc23)=C1c1ccc2ccccc2c1. The van der Waals surface area contributed by atoms with Gasteiger partial charge in [-0.25, -0.2) is 4.98 Å². The second kappa shape index (κ2) is 8.15. The summed E-state index contributed by atoms with van der Waals surface area (Å²) in [5.41, 5.74) is 3.43. The second-order valence-electron chi connectivity index (χ2n) is 8.50. The fourth-order valence-electron chi connectivity index (χ4n) is 4.81. The van der Waals surface area contributed by atoms with E-state index in [0.717, 1.165) is 52.3 Å². The molecule has 1 N–H and O–H groups in total. The molecule has 6 nitrogen and oxygen atoms in total. The van der Waals surface area contributed by atoms with Gasteiger partial charge in [0.25, 0.3) is 11.8 Å². The zero-order valence-corrected chi connectivity index (χ0v) is 18.4. The maximum Gasteiger partial charge on any atom is 0.259 e. The van der Waals surface area contributed by atoms with Gasteiger partial charge >= 0.3 is 0 Å². The van der Waals surface area contributed by atoms with Crippen LogP contribution in [-0.2, 0) is 22.7 Å². The predicted octanol–water partition coefficient (Wildman–Crippen LogP) is 4.65. The number of amides is 2. The van der Waals surface area contributed by atoms with Crippen molar-refractivity contribution in [3.63, 3.8) is 0 Å². The Labute approximate surface area is 196 Å². The first kappa shape index (κ1) is 20.2. The fraction of sp³-hybridized carbons (Fsp3) is 0.107. The van der Waals surface area contributed by atoms with E-state index in [2.05, 4.69) is 25.5 Å². The molecule has 3 heterocycles. The Bertz CT molecular complexity index is 1590. The standard InChI is InChI=1S/C28H22N4O2/c33-27-25(21-11-10-19-6-1-2-7-20(19)16-21)26(28(34)30-27)23-17-32(24-9-4-3-8-22(23)24)14-5-13-31-15-12-29-18-31/h1-4,6-12,15-18H,5,13-14H2,(H,30,33,34). The number of nitrogens with zero attached hydrogens (tertiary/aromatic N) is 3. The van der Waals surface area contributed by atoms with Crippen molar-refractivity contribution in [3.8, 4) is 0 Å². The summed E-state index contributed by atoms with van der Waals surface area (Å²) < 4.78 is 4.22. The molecule has 0 bridgehead atoms. The highest BCUT2D eigenvalue weighted by molar-refractivity contribution is 6.50. The number of rotatable bonds is 6. The van der Waals surface area contributed by atoms with Crippen LogP contribution in [0.25, 0.3) is 32.8 Å². The topological polar surface area (TPSA) is 68.9 Å². The summed E-state index contributed by atoms with van der Waals surface area (Å²) in [6.45, 7) is 1.64. The zero-order valence-electron chi connectivity index (χ0n) is 18.4. The molecule has 3 aromatic carbocycles. The molecule has 6 heteroatoms. The lowest BCUT2D eigenvalue weighted by Crippen LogP contribution is -2.22. The zero-order chi connectivity index (χ0) is 23.1. The van der Waals surface area contributed by atoms with Gasteiger partial charge in [-0.3, -0.25) is 14.9 Å². The minimum atomic E-state index is -0.354. The summed E-state index contributed by atoms with van der Waals surface area (Å²) in [6.07, 6.45) is 8.46. The van der Waals surface area contributed by atoms with Gasteiger partial charge in [0.2, 0.25) is 0 Å². The maximum atomic E-state index is 13.0. The van der Waals surface area contributed by atoms with Crippen molar-refractivity contribution in [2.45, 2.75) is 19.5 Å². The van der Waals surface area contributed by atoms with Gasteiger partial charge in [0.1, 0.15) is 0 Å².